The van der Waals surface area contributed by atoms with E-state index in [9.17, 15) is 24.2 Å². The molecule has 3 N–H and O–H groups in total. The number of nitrogens with one attached hydrogen (secondary N) is 1. The van der Waals surface area contributed by atoms with Crippen molar-refractivity contribution in [3.8, 4) is 11.5 Å². The summed E-state index contributed by atoms with van der Waals surface area (Å²) in [4.78, 5) is 33.1. The molecule has 0 saturated carbocycles. The molecule has 2 aliphatic heterocycles. The number of pyridine rings is 2. The number of halogens is 1. The van der Waals surface area contributed by atoms with E-state index in [0.717, 1.165) is 31.6 Å². The molecule has 0 aliphatic carbocycles. The molecule has 0 spiro atoms. The van der Waals surface area contributed by atoms with Gasteiger partial charge in [-0.2, -0.15) is 0 Å². The third-order valence-electron chi connectivity index (χ3n) is 6.82. The zero-order chi connectivity index (χ0) is 25.2. The third kappa shape index (κ3) is 4.66. The maximum absolute atomic E-state index is 13.4. The maximum atomic E-state index is 13.4. The van der Waals surface area contributed by atoms with E-state index in [1.165, 1.54) is 35.7 Å². The van der Waals surface area contributed by atoms with Crippen LogP contribution in [0, 0.1) is 5.82 Å². The number of carbonyl (C=O) groups excluding carboxylic acids is 1. The molecular weight excluding hydrogens is 467 g/mol. The van der Waals surface area contributed by atoms with Gasteiger partial charge >= 0.3 is 0 Å². The summed E-state index contributed by atoms with van der Waals surface area (Å²) in [5.41, 5.74) is 0.719. The number of aliphatic hydroxyl groups excluding tert-OH is 1. The average Bonchev–Trinajstić information content (AvgIpc) is 3.40. The first kappa shape index (κ1) is 24.2. The number of hydrogen-bond acceptors (Lipinski definition) is 7. The van der Waals surface area contributed by atoms with E-state index < -0.39 is 23.3 Å². The standard InChI is InChI=1S/C26H29FN4O5/c27-18-6-4-16(5-7-18)12-17-13-29-21-22-24(17)36-19(15-32)14-31(22)26(35)20(23(21)33)25(34)28-8-3-11-30-9-1-2-10-30/h4-7,13,19,32-33H,1-3,8-12,14-15H2,(H,28,34). The number of benzene rings is 1. The van der Waals surface area contributed by atoms with Gasteiger partial charge in [0.2, 0.25) is 0 Å². The summed E-state index contributed by atoms with van der Waals surface area (Å²) >= 11 is 0. The van der Waals surface area contributed by atoms with Crippen LogP contribution in [0.2, 0.25) is 0 Å². The van der Waals surface area contributed by atoms with Gasteiger partial charge in [-0.25, -0.2) is 4.39 Å². The number of nitrogens with zero attached hydrogens (tertiary/aromatic N) is 3. The summed E-state index contributed by atoms with van der Waals surface area (Å²) in [6.07, 6.45) is 4.25. The number of aromatic hydroxyl groups is 1. The van der Waals surface area contributed by atoms with Crippen LogP contribution in [0.1, 0.15) is 40.7 Å². The topological polar surface area (TPSA) is 117 Å². The number of likely N-dealkylation sites (tertiary alicyclic amines) is 1. The number of carbonyl (C=O) groups is 1. The molecule has 0 radical (unpaired) electrons. The largest absolute Gasteiger partial charge is 0.505 e. The SMILES string of the molecule is O=C(NCCCN1CCCC1)c1c(O)c2ncc(Cc3ccc(F)cc3)c3c2n(c1=O)CC(CO)O3. The Morgan fingerprint density at radius 3 is 2.69 bits per heavy atom. The fourth-order valence-corrected chi connectivity index (χ4v) is 4.96. The normalized spacial score (nSPS) is 17.3. The zero-order valence-corrected chi connectivity index (χ0v) is 19.9. The molecule has 0 bridgehead atoms. The minimum Gasteiger partial charge on any atom is -0.505 e. The molecule has 1 amide bonds. The number of aliphatic hydroxyl groups is 1. The number of amides is 1. The zero-order valence-electron chi connectivity index (χ0n) is 19.9. The Morgan fingerprint density at radius 1 is 1.22 bits per heavy atom. The molecule has 10 heteroatoms. The van der Waals surface area contributed by atoms with Crippen molar-refractivity contribution in [1.82, 2.24) is 19.8 Å². The van der Waals surface area contributed by atoms with E-state index in [1.807, 2.05) is 0 Å². The summed E-state index contributed by atoms with van der Waals surface area (Å²) < 4.78 is 20.7. The van der Waals surface area contributed by atoms with Crippen molar-refractivity contribution in [2.45, 2.75) is 38.3 Å². The lowest BCUT2D eigenvalue weighted by molar-refractivity contribution is 0.0913. The monoisotopic (exact) mass is 496 g/mol. The number of hydrogen-bond donors (Lipinski definition) is 3. The Hall–Kier alpha value is -3.50. The van der Waals surface area contributed by atoms with Crippen molar-refractivity contribution in [3.05, 3.63) is 63.3 Å². The summed E-state index contributed by atoms with van der Waals surface area (Å²) in [6.45, 7) is 3.04. The van der Waals surface area contributed by atoms with Crippen molar-refractivity contribution in [2.75, 3.05) is 32.8 Å². The molecule has 4 heterocycles. The first-order valence-electron chi connectivity index (χ1n) is 12.3. The van der Waals surface area contributed by atoms with Gasteiger partial charge in [-0.3, -0.25) is 19.1 Å². The van der Waals surface area contributed by atoms with Gasteiger partial charge in [0.05, 0.1) is 13.2 Å². The third-order valence-corrected chi connectivity index (χ3v) is 6.82. The molecular formula is C26H29FN4O5. The predicted octanol–water partition coefficient (Wildman–Crippen LogP) is 1.80. The molecule has 190 valence electrons. The minimum absolute atomic E-state index is 0.00996. The van der Waals surface area contributed by atoms with Crippen LogP contribution in [0.4, 0.5) is 4.39 Å². The summed E-state index contributed by atoms with van der Waals surface area (Å²) in [5.74, 6) is -1.20. The quantitative estimate of drug-likeness (QED) is 0.407. The number of aromatic nitrogens is 2. The van der Waals surface area contributed by atoms with Gasteiger partial charge in [0, 0.05) is 24.7 Å². The summed E-state index contributed by atoms with van der Waals surface area (Å²) in [7, 11) is 0. The van der Waals surface area contributed by atoms with Gasteiger partial charge in [0.25, 0.3) is 11.5 Å². The maximum Gasteiger partial charge on any atom is 0.268 e. The Kier molecular flexibility index (Phi) is 6.88. The molecule has 1 aromatic carbocycles. The minimum atomic E-state index is -0.714. The summed E-state index contributed by atoms with van der Waals surface area (Å²) in [5, 5.41) is 23.5. The van der Waals surface area contributed by atoms with Crippen LogP contribution in [0.15, 0.2) is 35.3 Å². The van der Waals surface area contributed by atoms with E-state index in [4.69, 9.17) is 4.74 Å². The second-order valence-electron chi connectivity index (χ2n) is 9.33. The first-order chi connectivity index (χ1) is 17.5. The van der Waals surface area contributed by atoms with E-state index in [0.29, 0.717) is 24.3 Å². The fourth-order valence-electron chi connectivity index (χ4n) is 4.96. The Labute approximate surface area is 207 Å². The molecule has 1 unspecified atom stereocenters. The van der Waals surface area contributed by atoms with Gasteiger partial charge in [-0.15, -0.1) is 0 Å². The van der Waals surface area contributed by atoms with Gasteiger partial charge < -0.3 is 25.2 Å². The lowest BCUT2D eigenvalue weighted by atomic mass is 10.0. The Bertz CT molecular complexity index is 1340. The Morgan fingerprint density at radius 2 is 1.97 bits per heavy atom. The van der Waals surface area contributed by atoms with Crippen LogP contribution >= 0.6 is 0 Å². The van der Waals surface area contributed by atoms with E-state index >= 15 is 0 Å². The molecule has 5 rings (SSSR count). The molecule has 3 aromatic rings. The number of rotatable bonds is 8. The highest BCUT2D eigenvalue weighted by atomic mass is 19.1. The van der Waals surface area contributed by atoms with Crippen molar-refractivity contribution in [1.29, 1.82) is 0 Å². The van der Waals surface area contributed by atoms with Crippen molar-refractivity contribution in [3.63, 3.8) is 0 Å². The van der Waals surface area contributed by atoms with Crippen LogP contribution < -0.4 is 15.6 Å². The highest BCUT2D eigenvalue weighted by molar-refractivity contribution is 6.02. The molecule has 36 heavy (non-hydrogen) atoms. The average molecular weight is 497 g/mol. The second kappa shape index (κ2) is 10.2. The first-order valence-corrected chi connectivity index (χ1v) is 12.3. The molecule has 2 aliphatic rings. The van der Waals surface area contributed by atoms with Crippen LogP contribution in [-0.4, -0.2) is 69.5 Å². The van der Waals surface area contributed by atoms with Crippen LogP contribution in [0.25, 0.3) is 11.0 Å². The molecule has 1 atom stereocenters. The van der Waals surface area contributed by atoms with Crippen LogP contribution in [0.5, 0.6) is 11.5 Å². The van der Waals surface area contributed by atoms with E-state index in [1.54, 1.807) is 12.1 Å². The van der Waals surface area contributed by atoms with E-state index in [-0.39, 0.29) is 35.6 Å². The van der Waals surface area contributed by atoms with Gasteiger partial charge in [-0.05, 0) is 56.6 Å². The lowest BCUT2D eigenvalue weighted by Gasteiger charge is -2.28. The number of ether oxygens (including phenoxy) is 1. The van der Waals surface area contributed by atoms with Crippen molar-refractivity contribution >= 4 is 16.9 Å². The van der Waals surface area contributed by atoms with Gasteiger partial charge in [0.15, 0.2) is 11.5 Å². The molecule has 1 saturated heterocycles. The van der Waals surface area contributed by atoms with Crippen LogP contribution in [0.3, 0.4) is 0 Å². The van der Waals surface area contributed by atoms with Gasteiger partial charge in [0.1, 0.15) is 28.5 Å². The summed E-state index contributed by atoms with van der Waals surface area (Å²) in [6, 6.07) is 5.98. The molecule has 1 fully saturated rings. The fraction of sp³-hybridized carbons (Fsp3) is 0.423. The highest BCUT2D eigenvalue weighted by Crippen LogP contribution is 2.37. The lowest BCUT2D eigenvalue weighted by Crippen LogP contribution is -2.40. The smallest absolute Gasteiger partial charge is 0.268 e. The predicted molar refractivity (Wildman–Crippen MR) is 131 cm³/mol. The molecule has 9 nitrogen and oxygen atoms in total. The van der Waals surface area contributed by atoms with Gasteiger partial charge in [-0.1, -0.05) is 12.1 Å². The second-order valence-corrected chi connectivity index (χ2v) is 9.33. The molecule has 2 aromatic heterocycles. The van der Waals surface area contributed by atoms with E-state index in [2.05, 4.69) is 15.2 Å². The Balaban J connectivity index is 1.47. The highest BCUT2D eigenvalue weighted by Gasteiger charge is 2.31. The van der Waals surface area contributed by atoms with Crippen LogP contribution in [-0.2, 0) is 13.0 Å². The van der Waals surface area contributed by atoms with Crippen molar-refractivity contribution in [2.24, 2.45) is 0 Å². The van der Waals surface area contributed by atoms with Crippen molar-refractivity contribution < 1.29 is 24.1 Å².